The van der Waals surface area contributed by atoms with Gasteiger partial charge in [0.05, 0.1) is 7.11 Å². The van der Waals surface area contributed by atoms with Gasteiger partial charge in [-0.25, -0.2) is 0 Å². The number of pyridine rings is 1. The van der Waals surface area contributed by atoms with Gasteiger partial charge >= 0.3 is 0 Å². The van der Waals surface area contributed by atoms with Crippen molar-refractivity contribution in [3.8, 4) is 5.75 Å². The zero-order valence-corrected chi connectivity index (χ0v) is 9.54. The van der Waals surface area contributed by atoms with Gasteiger partial charge in [0.15, 0.2) is 12.4 Å². The smallest absolute Gasteiger partial charge is 0.180 e. The number of nitrogens with zero attached hydrogens (tertiary/aromatic N) is 1. The molecule has 1 aromatic heterocycles. The molecular formula is C14H13NO2. The minimum absolute atomic E-state index is 0.769. The minimum Gasteiger partial charge on any atom is -0.619 e. The lowest BCUT2D eigenvalue weighted by atomic mass is 10.1. The number of methoxy groups -OCH3 is 1. The fourth-order valence-corrected chi connectivity index (χ4v) is 1.44. The van der Waals surface area contributed by atoms with Crippen LogP contribution in [0.2, 0.25) is 0 Å². The molecule has 1 heterocycles. The van der Waals surface area contributed by atoms with Gasteiger partial charge in [0.1, 0.15) is 5.75 Å². The van der Waals surface area contributed by atoms with E-state index < -0.39 is 0 Å². The molecule has 2 rings (SSSR count). The van der Waals surface area contributed by atoms with E-state index in [1.165, 1.54) is 12.4 Å². The zero-order valence-electron chi connectivity index (χ0n) is 9.54. The van der Waals surface area contributed by atoms with E-state index in [2.05, 4.69) is 0 Å². The van der Waals surface area contributed by atoms with Crippen molar-refractivity contribution in [2.75, 3.05) is 7.11 Å². The highest BCUT2D eigenvalue weighted by atomic mass is 16.5. The van der Waals surface area contributed by atoms with Crippen molar-refractivity contribution in [1.82, 2.24) is 0 Å². The van der Waals surface area contributed by atoms with Crippen molar-refractivity contribution in [3.05, 3.63) is 65.1 Å². The molecule has 2 aromatic rings. The van der Waals surface area contributed by atoms with Gasteiger partial charge in [0, 0.05) is 12.1 Å². The lowest BCUT2D eigenvalue weighted by molar-refractivity contribution is -0.605. The Balaban J connectivity index is 2.11. The first-order chi connectivity index (χ1) is 8.28. The van der Waals surface area contributed by atoms with Gasteiger partial charge in [-0.15, -0.1) is 0 Å². The molecule has 0 amide bonds. The normalized spacial score (nSPS) is 10.6. The second-order valence-corrected chi connectivity index (χ2v) is 3.60. The Morgan fingerprint density at radius 1 is 0.941 bits per heavy atom. The summed E-state index contributed by atoms with van der Waals surface area (Å²) in [6, 6.07) is 11.3. The number of rotatable bonds is 3. The number of hydrogen-bond acceptors (Lipinski definition) is 2. The molecule has 0 saturated heterocycles. The minimum atomic E-state index is 0.769. The highest BCUT2D eigenvalue weighted by molar-refractivity contribution is 5.69. The molecule has 3 heteroatoms. The molecular weight excluding hydrogens is 214 g/mol. The van der Waals surface area contributed by atoms with Gasteiger partial charge in [-0.2, -0.15) is 4.73 Å². The van der Waals surface area contributed by atoms with Crippen LogP contribution in [-0.2, 0) is 0 Å². The average Bonchev–Trinajstić information content (AvgIpc) is 2.39. The molecule has 0 aliphatic heterocycles. The highest BCUT2D eigenvalue weighted by Gasteiger charge is 1.92. The molecule has 0 bridgehead atoms. The first kappa shape index (κ1) is 11.2. The van der Waals surface area contributed by atoms with Crippen LogP contribution in [0.1, 0.15) is 11.1 Å². The number of benzene rings is 1. The van der Waals surface area contributed by atoms with E-state index >= 15 is 0 Å². The van der Waals surface area contributed by atoms with Crippen LogP contribution in [0.5, 0.6) is 5.75 Å². The molecule has 0 N–H and O–H groups in total. The van der Waals surface area contributed by atoms with E-state index in [0.717, 1.165) is 21.6 Å². The summed E-state index contributed by atoms with van der Waals surface area (Å²) in [4.78, 5) is 0. The van der Waals surface area contributed by atoms with Crippen LogP contribution < -0.4 is 9.47 Å². The molecule has 17 heavy (non-hydrogen) atoms. The van der Waals surface area contributed by atoms with Gasteiger partial charge in [-0.3, -0.25) is 0 Å². The summed E-state index contributed by atoms with van der Waals surface area (Å²) >= 11 is 0. The number of ether oxygens (including phenoxy) is 1. The Labute approximate surface area is 100 Å². The van der Waals surface area contributed by atoms with Crippen LogP contribution in [0.15, 0.2) is 48.8 Å². The molecule has 0 saturated carbocycles. The molecule has 1 aromatic carbocycles. The maximum Gasteiger partial charge on any atom is 0.180 e. The standard InChI is InChI=1S/C14H13NO2/c1-17-14-6-4-12(5-7-14)2-3-13-8-10-15(16)11-9-13/h2-11H,1H3/b3-2-. The zero-order chi connectivity index (χ0) is 12.1. The molecule has 0 aliphatic rings. The second kappa shape index (κ2) is 5.16. The molecule has 0 unspecified atom stereocenters. The van der Waals surface area contributed by atoms with Gasteiger partial charge in [-0.1, -0.05) is 24.3 Å². The predicted molar refractivity (Wildman–Crippen MR) is 67.3 cm³/mol. The third kappa shape index (κ3) is 3.08. The molecule has 0 aliphatic carbocycles. The molecule has 86 valence electrons. The van der Waals surface area contributed by atoms with Gasteiger partial charge in [0.2, 0.25) is 0 Å². The third-order valence-corrected chi connectivity index (χ3v) is 2.41. The lowest BCUT2D eigenvalue weighted by Crippen LogP contribution is -2.23. The number of hydrogen-bond donors (Lipinski definition) is 0. The van der Waals surface area contributed by atoms with Crippen molar-refractivity contribution in [2.24, 2.45) is 0 Å². The van der Waals surface area contributed by atoms with E-state index in [9.17, 15) is 5.21 Å². The van der Waals surface area contributed by atoms with Crippen LogP contribution in [0.4, 0.5) is 0 Å². The van der Waals surface area contributed by atoms with Crippen LogP contribution in [0.25, 0.3) is 12.2 Å². The summed E-state index contributed by atoms with van der Waals surface area (Å²) in [5.41, 5.74) is 2.08. The first-order valence-electron chi connectivity index (χ1n) is 5.29. The average molecular weight is 227 g/mol. The van der Waals surface area contributed by atoms with Gasteiger partial charge in [0.25, 0.3) is 0 Å². The quantitative estimate of drug-likeness (QED) is 0.596. The van der Waals surface area contributed by atoms with Crippen LogP contribution in [-0.4, -0.2) is 7.11 Å². The Morgan fingerprint density at radius 2 is 1.47 bits per heavy atom. The first-order valence-corrected chi connectivity index (χ1v) is 5.29. The van der Waals surface area contributed by atoms with E-state index in [1.807, 2.05) is 36.4 Å². The maximum atomic E-state index is 10.8. The molecule has 0 radical (unpaired) electrons. The lowest BCUT2D eigenvalue weighted by Gasteiger charge is -1.99. The van der Waals surface area contributed by atoms with Crippen molar-refractivity contribution >= 4 is 12.2 Å². The molecule has 0 fully saturated rings. The van der Waals surface area contributed by atoms with E-state index in [0.29, 0.717) is 0 Å². The van der Waals surface area contributed by atoms with Crippen LogP contribution in [0, 0.1) is 5.21 Å². The van der Waals surface area contributed by atoms with Crippen LogP contribution >= 0.6 is 0 Å². The summed E-state index contributed by atoms with van der Waals surface area (Å²) < 4.78 is 5.85. The fraction of sp³-hybridized carbons (Fsp3) is 0.0714. The Morgan fingerprint density at radius 3 is 2.00 bits per heavy atom. The SMILES string of the molecule is COc1ccc(/C=C\c2cc[n+]([O-])cc2)cc1. The van der Waals surface area contributed by atoms with Crippen molar-refractivity contribution in [1.29, 1.82) is 0 Å². The van der Waals surface area contributed by atoms with Crippen molar-refractivity contribution < 1.29 is 9.47 Å². The molecule has 0 spiro atoms. The summed E-state index contributed by atoms with van der Waals surface area (Å²) in [5, 5.41) is 10.8. The Bertz CT molecular complexity index is 501. The summed E-state index contributed by atoms with van der Waals surface area (Å²) in [7, 11) is 1.65. The Hall–Kier alpha value is -2.29. The number of aromatic nitrogens is 1. The maximum absolute atomic E-state index is 10.8. The predicted octanol–water partition coefficient (Wildman–Crippen LogP) is 2.50. The van der Waals surface area contributed by atoms with E-state index in [4.69, 9.17) is 4.74 Å². The molecule has 0 atom stereocenters. The highest BCUT2D eigenvalue weighted by Crippen LogP contribution is 2.13. The second-order valence-electron chi connectivity index (χ2n) is 3.60. The monoisotopic (exact) mass is 227 g/mol. The topological polar surface area (TPSA) is 36.2 Å². The van der Waals surface area contributed by atoms with Gasteiger partial charge in [-0.05, 0) is 23.3 Å². The Kier molecular flexibility index (Phi) is 3.40. The van der Waals surface area contributed by atoms with Gasteiger partial charge < -0.3 is 9.94 Å². The fourth-order valence-electron chi connectivity index (χ4n) is 1.44. The summed E-state index contributed by atoms with van der Waals surface area (Å²) in [5.74, 6) is 0.842. The summed E-state index contributed by atoms with van der Waals surface area (Å²) in [6.07, 6.45) is 6.91. The third-order valence-electron chi connectivity index (χ3n) is 2.41. The summed E-state index contributed by atoms with van der Waals surface area (Å²) in [6.45, 7) is 0. The van der Waals surface area contributed by atoms with E-state index in [-0.39, 0.29) is 0 Å². The van der Waals surface area contributed by atoms with Crippen LogP contribution in [0.3, 0.4) is 0 Å². The largest absolute Gasteiger partial charge is 0.619 e. The molecule has 3 nitrogen and oxygen atoms in total. The van der Waals surface area contributed by atoms with Crippen molar-refractivity contribution in [2.45, 2.75) is 0 Å². The van der Waals surface area contributed by atoms with E-state index in [1.54, 1.807) is 19.2 Å². The van der Waals surface area contributed by atoms with Crippen molar-refractivity contribution in [3.63, 3.8) is 0 Å².